The van der Waals surface area contributed by atoms with Gasteiger partial charge in [0, 0.05) is 5.66 Å². The fourth-order valence-electron chi connectivity index (χ4n) is 0.450. The third-order valence-corrected chi connectivity index (χ3v) is 3.14. The summed E-state index contributed by atoms with van der Waals surface area (Å²) in [6.45, 7) is 6.43. The van der Waals surface area contributed by atoms with E-state index in [1.165, 1.54) is 6.16 Å². The van der Waals surface area contributed by atoms with Gasteiger partial charge in [-0.15, -0.1) is 8.58 Å². The average molecular weight is 148 g/mol. The lowest BCUT2D eigenvalue weighted by Gasteiger charge is -2.05. The number of rotatable bonds is 3. The molecule has 0 aliphatic heterocycles. The zero-order valence-electron chi connectivity index (χ0n) is 5.69. The van der Waals surface area contributed by atoms with E-state index in [0.717, 1.165) is 13.4 Å². The largest absolute Gasteiger partial charge is 0.114 e. The molecule has 2 atom stereocenters. The van der Waals surface area contributed by atoms with Crippen LogP contribution in [0.4, 0.5) is 0 Å². The van der Waals surface area contributed by atoms with Crippen molar-refractivity contribution in [2.24, 2.45) is 0 Å². The monoisotopic (exact) mass is 148 g/mol. The van der Waals surface area contributed by atoms with Gasteiger partial charge in [0.25, 0.3) is 0 Å². The highest BCUT2D eigenvalue weighted by Gasteiger charge is 1.99. The second-order valence-corrected chi connectivity index (χ2v) is 4.52. The molecule has 0 rings (SSSR count). The standard InChI is InChI=1S/C6H13PS/c1-4-7-5(2)6(3)8/h5,7H,4H2,1-3H3. The van der Waals surface area contributed by atoms with Crippen LogP contribution in [0, 0.1) is 0 Å². The molecule has 0 heterocycles. The van der Waals surface area contributed by atoms with E-state index in [-0.39, 0.29) is 0 Å². The summed E-state index contributed by atoms with van der Waals surface area (Å²) in [5, 5.41) is 0. The molecule has 0 spiro atoms. The van der Waals surface area contributed by atoms with Crippen LogP contribution >= 0.6 is 20.8 Å². The zero-order chi connectivity index (χ0) is 6.57. The molecule has 0 N–H and O–H groups in total. The average Bonchev–Trinajstić information content (AvgIpc) is 1.67. The molecule has 0 saturated heterocycles. The molecular formula is C6H13PS. The van der Waals surface area contributed by atoms with E-state index in [0.29, 0.717) is 5.66 Å². The van der Waals surface area contributed by atoms with Crippen LogP contribution in [0.2, 0.25) is 0 Å². The molecule has 0 saturated carbocycles. The molecular weight excluding hydrogens is 135 g/mol. The predicted octanol–water partition coefficient (Wildman–Crippen LogP) is 2.46. The van der Waals surface area contributed by atoms with E-state index in [9.17, 15) is 0 Å². The summed E-state index contributed by atoms with van der Waals surface area (Å²) < 4.78 is 0. The van der Waals surface area contributed by atoms with E-state index >= 15 is 0 Å². The molecule has 2 unspecified atom stereocenters. The van der Waals surface area contributed by atoms with Crippen molar-refractivity contribution in [1.82, 2.24) is 0 Å². The van der Waals surface area contributed by atoms with Crippen molar-refractivity contribution < 1.29 is 0 Å². The van der Waals surface area contributed by atoms with Crippen molar-refractivity contribution in [3.05, 3.63) is 0 Å². The van der Waals surface area contributed by atoms with Crippen LogP contribution in [-0.4, -0.2) is 16.7 Å². The molecule has 0 radical (unpaired) electrons. The summed E-state index contributed by atoms with van der Waals surface area (Å²) in [5.74, 6) is 0. The van der Waals surface area contributed by atoms with Gasteiger partial charge in [-0.1, -0.05) is 26.1 Å². The van der Waals surface area contributed by atoms with Gasteiger partial charge in [0.15, 0.2) is 0 Å². The quantitative estimate of drug-likeness (QED) is 0.437. The van der Waals surface area contributed by atoms with Crippen LogP contribution in [0.3, 0.4) is 0 Å². The molecule has 0 amide bonds. The van der Waals surface area contributed by atoms with E-state index in [4.69, 9.17) is 12.2 Å². The molecule has 0 aromatic rings. The van der Waals surface area contributed by atoms with Crippen LogP contribution in [-0.2, 0) is 0 Å². The first-order valence-corrected chi connectivity index (χ1v) is 4.61. The van der Waals surface area contributed by atoms with Gasteiger partial charge in [-0.25, -0.2) is 0 Å². The highest BCUT2D eigenvalue weighted by molar-refractivity contribution is 7.81. The van der Waals surface area contributed by atoms with Gasteiger partial charge in [-0.3, -0.25) is 0 Å². The Balaban J connectivity index is 3.32. The van der Waals surface area contributed by atoms with Crippen molar-refractivity contribution >= 4 is 25.7 Å². The van der Waals surface area contributed by atoms with Crippen molar-refractivity contribution in [3.63, 3.8) is 0 Å². The minimum Gasteiger partial charge on any atom is -0.114 e. The lowest BCUT2D eigenvalue weighted by atomic mass is 10.4. The molecule has 0 aromatic carbocycles. The SMILES string of the molecule is CCPC(C)C(C)=S. The maximum absolute atomic E-state index is 4.99. The van der Waals surface area contributed by atoms with Crippen LogP contribution in [0.1, 0.15) is 20.8 Å². The maximum Gasteiger partial charge on any atom is 0.00464 e. The molecule has 2 heteroatoms. The Hall–Kier alpha value is 0.520. The summed E-state index contributed by atoms with van der Waals surface area (Å²) in [7, 11) is 1.03. The molecule has 48 valence electrons. The Kier molecular flexibility index (Phi) is 4.69. The van der Waals surface area contributed by atoms with Crippen LogP contribution < -0.4 is 0 Å². The van der Waals surface area contributed by atoms with Gasteiger partial charge in [-0.2, -0.15) is 0 Å². The third kappa shape index (κ3) is 3.51. The van der Waals surface area contributed by atoms with Gasteiger partial charge < -0.3 is 0 Å². The second kappa shape index (κ2) is 4.40. The molecule has 0 bridgehead atoms. The van der Waals surface area contributed by atoms with Gasteiger partial charge in [0.2, 0.25) is 0 Å². The van der Waals surface area contributed by atoms with E-state index < -0.39 is 0 Å². The highest BCUT2D eigenvalue weighted by atomic mass is 32.1. The Labute approximate surface area is 58.8 Å². The van der Waals surface area contributed by atoms with Crippen LogP contribution in [0.25, 0.3) is 0 Å². The Morgan fingerprint density at radius 3 is 2.38 bits per heavy atom. The minimum absolute atomic E-state index is 0.676. The molecule has 0 fully saturated rings. The van der Waals surface area contributed by atoms with Crippen molar-refractivity contribution in [3.8, 4) is 0 Å². The van der Waals surface area contributed by atoms with Gasteiger partial charge >= 0.3 is 0 Å². The van der Waals surface area contributed by atoms with Gasteiger partial charge in [0.1, 0.15) is 0 Å². The Bertz CT molecular complexity index is 80.6. The van der Waals surface area contributed by atoms with Crippen molar-refractivity contribution in [1.29, 1.82) is 0 Å². The lowest BCUT2D eigenvalue weighted by Crippen LogP contribution is -2.03. The summed E-state index contributed by atoms with van der Waals surface area (Å²) >= 11 is 4.99. The highest BCUT2D eigenvalue weighted by Crippen LogP contribution is 2.18. The molecule has 0 aliphatic rings. The first kappa shape index (κ1) is 8.52. The third-order valence-electron chi connectivity index (χ3n) is 1.12. The first-order chi connectivity index (χ1) is 3.68. The fraction of sp³-hybridized carbons (Fsp3) is 0.833. The Morgan fingerprint density at radius 2 is 2.25 bits per heavy atom. The summed E-state index contributed by atoms with van der Waals surface area (Å²) in [4.78, 5) is 1.16. The first-order valence-electron chi connectivity index (χ1n) is 2.92. The number of hydrogen-bond donors (Lipinski definition) is 0. The van der Waals surface area contributed by atoms with Crippen molar-refractivity contribution in [2.45, 2.75) is 26.4 Å². The van der Waals surface area contributed by atoms with E-state index in [1.54, 1.807) is 0 Å². The number of thiocarbonyl (C=S) groups is 1. The zero-order valence-corrected chi connectivity index (χ0v) is 7.51. The van der Waals surface area contributed by atoms with E-state index in [1.807, 2.05) is 6.92 Å². The van der Waals surface area contributed by atoms with Gasteiger partial charge in [-0.05, 0) is 18.0 Å². The fourth-order valence-corrected chi connectivity index (χ4v) is 1.60. The predicted molar refractivity (Wildman–Crippen MR) is 46.6 cm³/mol. The number of hydrogen-bond acceptors (Lipinski definition) is 1. The molecule has 0 aliphatic carbocycles. The summed E-state index contributed by atoms with van der Waals surface area (Å²) in [6.07, 6.45) is 1.27. The smallest absolute Gasteiger partial charge is 0.00464 e. The molecule has 0 aromatic heterocycles. The van der Waals surface area contributed by atoms with E-state index in [2.05, 4.69) is 13.8 Å². The second-order valence-electron chi connectivity index (χ2n) is 1.89. The lowest BCUT2D eigenvalue weighted by molar-refractivity contribution is 1.30. The summed E-state index contributed by atoms with van der Waals surface area (Å²) in [5.41, 5.74) is 0.676. The van der Waals surface area contributed by atoms with Crippen LogP contribution in [0.5, 0.6) is 0 Å². The van der Waals surface area contributed by atoms with Gasteiger partial charge in [0.05, 0.1) is 0 Å². The Morgan fingerprint density at radius 1 is 1.75 bits per heavy atom. The minimum atomic E-state index is 0.676. The topological polar surface area (TPSA) is 0 Å². The molecule has 8 heavy (non-hydrogen) atoms. The molecule has 0 nitrogen and oxygen atoms in total. The van der Waals surface area contributed by atoms with Crippen molar-refractivity contribution in [2.75, 3.05) is 6.16 Å². The van der Waals surface area contributed by atoms with Crippen LogP contribution in [0.15, 0.2) is 0 Å². The maximum atomic E-state index is 4.99. The summed E-state index contributed by atoms with van der Waals surface area (Å²) in [6, 6.07) is 0. The normalized spacial score (nSPS) is 14.9.